The van der Waals surface area contributed by atoms with Gasteiger partial charge in [-0.25, -0.2) is 0 Å². The number of nitrogens with one attached hydrogen (secondary N) is 1. The highest BCUT2D eigenvalue weighted by Gasteiger charge is 2.00. The maximum Gasteiger partial charge on any atom is 0.0416 e. The molecule has 0 fully saturated rings. The summed E-state index contributed by atoms with van der Waals surface area (Å²) >= 11 is 0. The van der Waals surface area contributed by atoms with Crippen LogP contribution >= 0.6 is 0 Å². The topological polar surface area (TPSA) is 38.0 Å². The second kappa shape index (κ2) is 6.50. The predicted molar refractivity (Wildman–Crippen MR) is 77.8 cm³/mol. The number of para-hydroxylation sites is 2. The van der Waals surface area contributed by atoms with Gasteiger partial charge in [-0.2, -0.15) is 0 Å². The standard InChI is InChI=1S/C16H18N2/c17-13-7-6-9-14-8-4-5-12-16(14)18-15-10-2-1-3-11-15/h1-5,7-8,10-13,18H,6,9,17H2. The van der Waals surface area contributed by atoms with Gasteiger partial charge in [-0.1, -0.05) is 42.5 Å². The Bertz CT molecular complexity index is 504. The van der Waals surface area contributed by atoms with Crippen molar-refractivity contribution >= 4 is 11.4 Å². The number of hydrogen-bond donors (Lipinski definition) is 2. The Kier molecular flexibility index (Phi) is 4.42. The Morgan fingerprint density at radius 2 is 1.67 bits per heavy atom. The van der Waals surface area contributed by atoms with Crippen LogP contribution in [0.15, 0.2) is 66.9 Å². The number of hydrogen-bond acceptors (Lipinski definition) is 2. The molecule has 0 saturated carbocycles. The van der Waals surface area contributed by atoms with Crippen LogP contribution in [0.3, 0.4) is 0 Å². The molecule has 0 saturated heterocycles. The van der Waals surface area contributed by atoms with Gasteiger partial charge in [-0.15, -0.1) is 0 Å². The molecule has 0 aliphatic carbocycles. The molecule has 2 aromatic rings. The minimum Gasteiger partial charge on any atom is -0.405 e. The Hall–Kier alpha value is -2.22. The van der Waals surface area contributed by atoms with Crippen molar-refractivity contribution in [3.05, 3.63) is 72.4 Å². The Morgan fingerprint density at radius 3 is 2.44 bits per heavy atom. The van der Waals surface area contributed by atoms with Crippen LogP contribution in [-0.2, 0) is 6.42 Å². The second-order valence-corrected chi connectivity index (χ2v) is 4.11. The highest BCUT2D eigenvalue weighted by molar-refractivity contribution is 5.63. The molecule has 0 bridgehead atoms. The number of nitrogens with two attached hydrogens (primary N) is 1. The molecule has 2 nitrogen and oxygen atoms in total. The van der Waals surface area contributed by atoms with Crippen molar-refractivity contribution in [3.8, 4) is 0 Å². The molecule has 2 heteroatoms. The zero-order valence-corrected chi connectivity index (χ0v) is 10.3. The molecule has 0 radical (unpaired) electrons. The first-order valence-electron chi connectivity index (χ1n) is 6.17. The first-order chi connectivity index (χ1) is 8.90. The molecule has 18 heavy (non-hydrogen) atoms. The molecule has 0 aromatic heterocycles. The van der Waals surface area contributed by atoms with E-state index in [2.05, 4.69) is 35.6 Å². The number of allylic oxidation sites excluding steroid dienone is 1. The summed E-state index contributed by atoms with van der Waals surface area (Å²) in [6.07, 6.45) is 5.54. The molecular weight excluding hydrogens is 220 g/mol. The van der Waals surface area contributed by atoms with E-state index < -0.39 is 0 Å². The first-order valence-corrected chi connectivity index (χ1v) is 6.17. The van der Waals surface area contributed by atoms with Gasteiger partial charge in [0, 0.05) is 11.4 Å². The SMILES string of the molecule is NC=CCCc1ccccc1Nc1ccccc1. The highest BCUT2D eigenvalue weighted by atomic mass is 14.9. The molecule has 0 heterocycles. The molecule has 0 unspecified atom stereocenters. The Balaban J connectivity index is 2.12. The van der Waals surface area contributed by atoms with Crippen LogP contribution in [0.25, 0.3) is 0 Å². The van der Waals surface area contributed by atoms with Crippen molar-refractivity contribution in [1.82, 2.24) is 0 Å². The van der Waals surface area contributed by atoms with Crippen LogP contribution in [0.5, 0.6) is 0 Å². The fourth-order valence-corrected chi connectivity index (χ4v) is 1.87. The molecule has 0 spiro atoms. The Labute approximate surface area is 108 Å². The van der Waals surface area contributed by atoms with Crippen LogP contribution in [-0.4, -0.2) is 0 Å². The normalized spacial score (nSPS) is 10.7. The van der Waals surface area contributed by atoms with Crippen molar-refractivity contribution in [2.45, 2.75) is 12.8 Å². The summed E-state index contributed by atoms with van der Waals surface area (Å²) in [4.78, 5) is 0. The van der Waals surface area contributed by atoms with Crippen LogP contribution in [0, 0.1) is 0 Å². The Morgan fingerprint density at radius 1 is 0.944 bits per heavy atom. The number of anilines is 2. The summed E-state index contributed by atoms with van der Waals surface area (Å²) in [5, 5.41) is 3.44. The van der Waals surface area contributed by atoms with Crippen LogP contribution in [0.4, 0.5) is 11.4 Å². The van der Waals surface area contributed by atoms with E-state index in [9.17, 15) is 0 Å². The molecule has 0 amide bonds. The maximum absolute atomic E-state index is 5.36. The summed E-state index contributed by atoms with van der Waals surface area (Å²) in [6.45, 7) is 0. The third kappa shape index (κ3) is 3.39. The van der Waals surface area contributed by atoms with Crippen molar-refractivity contribution < 1.29 is 0 Å². The quantitative estimate of drug-likeness (QED) is 0.830. The van der Waals surface area contributed by atoms with E-state index in [4.69, 9.17) is 5.73 Å². The molecular formula is C16H18N2. The largest absolute Gasteiger partial charge is 0.405 e. The van der Waals surface area contributed by atoms with Crippen molar-refractivity contribution in [2.75, 3.05) is 5.32 Å². The van der Waals surface area contributed by atoms with Crippen LogP contribution in [0.2, 0.25) is 0 Å². The van der Waals surface area contributed by atoms with E-state index in [-0.39, 0.29) is 0 Å². The maximum atomic E-state index is 5.36. The van der Waals surface area contributed by atoms with E-state index in [0.717, 1.165) is 24.2 Å². The summed E-state index contributed by atoms with van der Waals surface area (Å²) in [7, 11) is 0. The lowest BCUT2D eigenvalue weighted by molar-refractivity contribution is 1.000. The fourth-order valence-electron chi connectivity index (χ4n) is 1.87. The van der Waals surface area contributed by atoms with Gasteiger partial charge >= 0.3 is 0 Å². The smallest absolute Gasteiger partial charge is 0.0416 e. The second-order valence-electron chi connectivity index (χ2n) is 4.11. The zero-order valence-electron chi connectivity index (χ0n) is 10.3. The summed E-state index contributed by atoms with van der Waals surface area (Å²) in [5.74, 6) is 0. The number of rotatable bonds is 5. The van der Waals surface area contributed by atoms with E-state index >= 15 is 0 Å². The molecule has 0 aliphatic rings. The van der Waals surface area contributed by atoms with Crippen LogP contribution in [0.1, 0.15) is 12.0 Å². The average Bonchev–Trinajstić information content (AvgIpc) is 2.42. The summed E-state index contributed by atoms with van der Waals surface area (Å²) in [5.41, 5.74) is 8.93. The zero-order chi connectivity index (χ0) is 12.6. The van der Waals surface area contributed by atoms with E-state index in [1.165, 1.54) is 5.56 Å². The summed E-state index contributed by atoms with van der Waals surface area (Å²) < 4.78 is 0. The van der Waals surface area contributed by atoms with Gasteiger partial charge in [0.05, 0.1) is 0 Å². The molecule has 2 rings (SSSR count). The lowest BCUT2D eigenvalue weighted by Gasteiger charge is -2.11. The van der Waals surface area contributed by atoms with Gasteiger partial charge in [-0.3, -0.25) is 0 Å². The molecule has 0 aliphatic heterocycles. The van der Waals surface area contributed by atoms with E-state index in [1.54, 1.807) is 6.20 Å². The van der Waals surface area contributed by atoms with Gasteiger partial charge in [-0.05, 0) is 42.8 Å². The average molecular weight is 238 g/mol. The highest BCUT2D eigenvalue weighted by Crippen LogP contribution is 2.21. The minimum absolute atomic E-state index is 0.962. The molecule has 2 aromatic carbocycles. The minimum atomic E-state index is 0.962. The number of aryl methyl sites for hydroxylation is 1. The lowest BCUT2D eigenvalue weighted by atomic mass is 10.1. The van der Waals surface area contributed by atoms with Gasteiger partial charge in [0.25, 0.3) is 0 Å². The first kappa shape index (κ1) is 12.2. The van der Waals surface area contributed by atoms with Crippen molar-refractivity contribution in [2.24, 2.45) is 5.73 Å². The molecule has 0 atom stereocenters. The third-order valence-electron chi connectivity index (χ3n) is 2.79. The third-order valence-corrected chi connectivity index (χ3v) is 2.79. The number of benzene rings is 2. The van der Waals surface area contributed by atoms with Gasteiger partial charge in [0.2, 0.25) is 0 Å². The van der Waals surface area contributed by atoms with Crippen LogP contribution < -0.4 is 11.1 Å². The summed E-state index contributed by atoms with van der Waals surface area (Å²) in [6, 6.07) is 18.6. The predicted octanol–water partition coefficient (Wildman–Crippen LogP) is 3.84. The van der Waals surface area contributed by atoms with Crippen molar-refractivity contribution in [1.29, 1.82) is 0 Å². The van der Waals surface area contributed by atoms with E-state index in [0.29, 0.717) is 0 Å². The fraction of sp³-hybridized carbons (Fsp3) is 0.125. The van der Waals surface area contributed by atoms with Crippen molar-refractivity contribution in [3.63, 3.8) is 0 Å². The van der Waals surface area contributed by atoms with Gasteiger partial charge in [0.1, 0.15) is 0 Å². The monoisotopic (exact) mass is 238 g/mol. The lowest BCUT2D eigenvalue weighted by Crippen LogP contribution is -1.95. The van der Waals surface area contributed by atoms with E-state index in [1.807, 2.05) is 30.3 Å². The van der Waals surface area contributed by atoms with Gasteiger partial charge in [0.15, 0.2) is 0 Å². The van der Waals surface area contributed by atoms with Gasteiger partial charge < -0.3 is 11.1 Å². The molecule has 3 N–H and O–H groups in total. The molecule has 92 valence electrons.